The van der Waals surface area contributed by atoms with Gasteiger partial charge < -0.3 is 16.6 Å². The van der Waals surface area contributed by atoms with Gasteiger partial charge in [0.25, 0.3) is 0 Å². The quantitative estimate of drug-likeness (QED) is 0.552. The normalized spacial score (nSPS) is 24.6. The molecule has 1 aliphatic carbocycles. The Hall–Kier alpha value is -1.55. The molecule has 0 radical (unpaired) electrons. The predicted molar refractivity (Wildman–Crippen MR) is 52.8 cm³/mol. The van der Waals surface area contributed by atoms with Gasteiger partial charge in [0.05, 0.1) is 0 Å². The summed E-state index contributed by atoms with van der Waals surface area (Å²) in [4.78, 5) is 10.9. The van der Waals surface area contributed by atoms with Gasteiger partial charge in [-0.15, -0.1) is 0 Å². The molecule has 0 saturated carbocycles. The summed E-state index contributed by atoms with van der Waals surface area (Å²) in [6.07, 6.45) is 0.751. The summed E-state index contributed by atoms with van der Waals surface area (Å²) >= 11 is 0. The molecule has 1 aromatic rings. The lowest BCUT2D eigenvalue weighted by atomic mass is 9.98. The van der Waals surface area contributed by atoms with Crippen LogP contribution in [0.4, 0.5) is 5.69 Å². The van der Waals surface area contributed by atoms with Crippen LogP contribution in [0.15, 0.2) is 18.2 Å². The molecule has 0 fully saturated rings. The molecule has 0 spiro atoms. The molecule has 1 unspecified atom stereocenters. The van der Waals surface area contributed by atoms with Crippen molar-refractivity contribution >= 4 is 11.7 Å². The Labute approximate surface area is 81.5 Å². The highest BCUT2D eigenvalue weighted by Gasteiger charge is 2.40. The first-order chi connectivity index (χ1) is 6.51. The lowest BCUT2D eigenvalue weighted by Crippen LogP contribution is -2.48. The molecule has 2 rings (SSSR count). The van der Waals surface area contributed by atoms with Crippen molar-refractivity contribution in [3.05, 3.63) is 29.3 Å². The van der Waals surface area contributed by atoms with E-state index in [2.05, 4.69) is 0 Å². The second-order valence-electron chi connectivity index (χ2n) is 3.84. The van der Waals surface area contributed by atoms with E-state index in [0.29, 0.717) is 18.5 Å². The van der Waals surface area contributed by atoms with Crippen LogP contribution in [0.2, 0.25) is 0 Å². The number of aliphatic carboxylic acids is 1. The van der Waals surface area contributed by atoms with E-state index in [1.54, 1.807) is 12.1 Å². The first kappa shape index (κ1) is 9.02. The van der Waals surface area contributed by atoms with E-state index in [9.17, 15) is 4.79 Å². The second-order valence-corrected chi connectivity index (χ2v) is 3.84. The molecule has 0 aromatic heterocycles. The van der Waals surface area contributed by atoms with E-state index in [4.69, 9.17) is 16.6 Å². The van der Waals surface area contributed by atoms with Crippen molar-refractivity contribution in [3.63, 3.8) is 0 Å². The zero-order chi connectivity index (χ0) is 10.3. The summed E-state index contributed by atoms with van der Waals surface area (Å²) in [6.45, 7) is 0. The minimum Gasteiger partial charge on any atom is -0.480 e. The topological polar surface area (TPSA) is 89.3 Å². The van der Waals surface area contributed by atoms with Crippen LogP contribution in [0.5, 0.6) is 0 Å². The monoisotopic (exact) mass is 192 g/mol. The Morgan fingerprint density at radius 3 is 2.64 bits per heavy atom. The maximum atomic E-state index is 10.9. The summed E-state index contributed by atoms with van der Waals surface area (Å²) in [5.41, 5.74) is 12.8. The first-order valence-electron chi connectivity index (χ1n) is 4.41. The Bertz CT molecular complexity index is 403. The van der Waals surface area contributed by atoms with Gasteiger partial charge in [0.1, 0.15) is 5.54 Å². The number of anilines is 1. The van der Waals surface area contributed by atoms with Crippen LogP contribution in [0, 0.1) is 0 Å². The van der Waals surface area contributed by atoms with Gasteiger partial charge in [-0.25, -0.2) is 0 Å². The minimum absolute atomic E-state index is 0.364. The Morgan fingerprint density at radius 2 is 2.00 bits per heavy atom. The first-order valence-corrected chi connectivity index (χ1v) is 4.41. The van der Waals surface area contributed by atoms with Crippen molar-refractivity contribution in [2.75, 3.05) is 5.73 Å². The van der Waals surface area contributed by atoms with Gasteiger partial charge in [0.15, 0.2) is 0 Å². The van der Waals surface area contributed by atoms with Crippen LogP contribution >= 0.6 is 0 Å². The molecule has 1 aromatic carbocycles. The number of carboxylic acids is 1. The Morgan fingerprint density at radius 1 is 1.36 bits per heavy atom. The van der Waals surface area contributed by atoms with Crippen LogP contribution < -0.4 is 11.5 Å². The number of fused-ring (bicyclic) bond motifs is 1. The number of hydrogen-bond acceptors (Lipinski definition) is 3. The number of carboxylic acid groups (broad SMARTS) is 1. The fourth-order valence-electron chi connectivity index (χ4n) is 1.88. The number of nitrogen functional groups attached to an aromatic ring is 1. The minimum atomic E-state index is -1.14. The van der Waals surface area contributed by atoms with Gasteiger partial charge in [0.2, 0.25) is 0 Å². The van der Waals surface area contributed by atoms with E-state index in [1.807, 2.05) is 6.07 Å². The van der Waals surface area contributed by atoms with Crippen molar-refractivity contribution in [2.24, 2.45) is 5.73 Å². The van der Waals surface area contributed by atoms with Gasteiger partial charge in [-0.05, 0) is 23.3 Å². The maximum Gasteiger partial charge on any atom is 0.324 e. The Balaban J connectivity index is 2.39. The summed E-state index contributed by atoms with van der Waals surface area (Å²) in [6, 6.07) is 5.42. The molecule has 5 N–H and O–H groups in total. The molecule has 0 saturated heterocycles. The lowest BCUT2D eigenvalue weighted by Gasteiger charge is -2.16. The molecule has 14 heavy (non-hydrogen) atoms. The highest BCUT2D eigenvalue weighted by molar-refractivity contribution is 5.81. The van der Waals surface area contributed by atoms with E-state index in [0.717, 1.165) is 11.1 Å². The standard InChI is InChI=1S/C10H12N2O2/c11-8-2-1-6-4-10(12,9(13)14)5-7(6)3-8/h1-3H,4-5,11-12H2,(H,13,14). The highest BCUT2D eigenvalue weighted by atomic mass is 16.4. The van der Waals surface area contributed by atoms with Crippen molar-refractivity contribution in [3.8, 4) is 0 Å². The molecule has 0 heterocycles. The van der Waals surface area contributed by atoms with Gasteiger partial charge in [-0.3, -0.25) is 4.79 Å². The molecular weight excluding hydrogens is 180 g/mol. The number of benzene rings is 1. The van der Waals surface area contributed by atoms with Crippen molar-refractivity contribution < 1.29 is 9.90 Å². The van der Waals surface area contributed by atoms with Crippen molar-refractivity contribution in [1.29, 1.82) is 0 Å². The molecule has 0 bridgehead atoms. The van der Waals surface area contributed by atoms with Gasteiger partial charge >= 0.3 is 5.97 Å². The molecule has 74 valence electrons. The van der Waals surface area contributed by atoms with E-state index in [-0.39, 0.29) is 0 Å². The van der Waals surface area contributed by atoms with Gasteiger partial charge in [-0.1, -0.05) is 6.07 Å². The van der Waals surface area contributed by atoms with Crippen molar-refractivity contribution in [1.82, 2.24) is 0 Å². The van der Waals surface area contributed by atoms with Crippen LogP contribution in [0.25, 0.3) is 0 Å². The highest BCUT2D eigenvalue weighted by Crippen LogP contribution is 2.29. The molecular formula is C10H12N2O2. The SMILES string of the molecule is Nc1ccc2c(c1)CC(N)(C(=O)O)C2. The third-order valence-corrected chi connectivity index (χ3v) is 2.67. The zero-order valence-electron chi connectivity index (χ0n) is 7.66. The third kappa shape index (κ3) is 1.24. The number of hydrogen-bond donors (Lipinski definition) is 3. The molecule has 4 heteroatoms. The number of rotatable bonds is 1. The molecule has 0 amide bonds. The zero-order valence-corrected chi connectivity index (χ0v) is 7.66. The molecule has 4 nitrogen and oxygen atoms in total. The largest absolute Gasteiger partial charge is 0.480 e. The third-order valence-electron chi connectivity index (χ3n) is 2.67. The van der Waals surface area contributed by atoms with Crippen molar-refractivity contribution in [2.45, 2.75) is 18.4 Å². The van der Waals surface area contributed by atoms with Gasteiger partial charge in [-0.2, -0.15) is 0 Å². The average molecular weight is 192 g/mol. The van der Waals surface area contributed by atoms with E-state index < -0.39 is 11.5 Å². The lowest BCUT2D eigenvalue weighted by molar-refractivity contribution is -0.142. The smallest absolute Gasteiger partial charge is 0.324 e. The van der Waals surface area contributed by atoms with Crippen LogP contribution in [0.1, 0.15) is 11.1 Å². The number of carbonyl (C=O) groups is 1. The van der Waals surface area contributed by atoms with Crippen LogP contribution in [-0.2, 0) is 17.6 Å². The second kappa shape index (κ2) is 2.72. The van der Waals surface area contributed by atoms with E-state index >= 15 is 0 Å². The fraction of sp³-hybridized carbons (Fsp3) is 0.300. The van der Waals surface area contributed by atoms with Crippen LogP contribution in [0.3, 0.4) is 0 Å². The average Bonchev–Trinajstić information content (AvgIpc) is 2.42. The van der Waals surface area contributed by atoms with Crippen LogP contribution in [-0.4, -0.2) is 16.6 Å². The van der Waals surface area contributed by atoms with Gasteiger partial charge in [0, 0.05) is 18.5 Å². The molecule has 1 aliphatic rings. The summed E-state index contributed by atoms with van der Waals surface area (Å²) in [5, 5.41) is 8.96. The Kier molecular flexibility index (Phi) is 1.75. The predicted octanol–water partition coefficient (Wildman–Crippen LogP) is 0.149. The number of nitrogens with two attached hydrogens (primary N) is 2. The summed E-state index contributed by atoms with van der Waals surface area (Å²) in [5.74, 6) is -0.952. The molecule has 0 aliphatic heterocycles. The molecule has 1 atom stereocenters. The fourth-order valence-corrected chi connectivity index (χ4v) is 1.88. The van der Waals surface area contributed by atoms with E-state index in [1.165, 1.54) is 0 Å². The summed E-state index contributed by atoms with van der Waals surface area (Å²) in [7, 11) is 0. The maximum absolute atomic E-state index is 10.9. The summed E-state index contributed by atoms with van der Waals surface area (Å²) < 4.78 is 0.